The number of halogens is 1. The highest BCUT2D eigenvalue weighted by Crippen LogP contribution is 2.11. The molecule has 0 unspecified atom stereocenters. The van der Waals surface area contributed by atoms with Crippen LogP contribution >= 0.6 is 0 Å². The highest BCUT2D eigenvalue weighted by molar-refractivity contribution is 5.73. The van der Waals surface area contributed by atoms with Crippen LogP contribution in [0.3, 0.4) is 0 Å². The third-order valence-corrected chi connectivity index (χ3v) is 1.68. The average molecular weight is 209 g/mol. The lowest BCUT2D eigenvalue weighted by atomic mass is 10.2. The molecule has 0 radical (unpaired) electrons. The second kappa shape index (κ2) is 5.09. The summed E-state index contributed by atoms with van der Waals surface area (Å²) in [5.74, 6) is -0.302. The van der Waals surface area contributed by atoms with Crippen LogP contribution in [0.25, 0.3) is 6.08 Å². The van der Waals surface area contributed by atoms with Crippen molar-refractivity contribution in [3.05, 3.63) is 29.7 Å². The number of anilines is 1. The number of nitrogens with one attached hydrogen (secondary N) is 1. The number of nitrogen functional groups attached to an aromatic ring is 1. The Morgan fingerprint density at radius 2 is 2.47 bits per heavy atom. The fraction of sp³-hybridized carbons (Fsp3) is 0.200. The Morgan fingerprint density at radius 1 is 1.73 bits per heavy atom. The van der Waals surface area contributed by atoms with Crippen molar-refractivity contribution in [3.8, 4) is 0 Å². The highest BCUT2D eigenvalue weighted by atomic mass is 19.1. The molecule has 5 heteroatoms. The Hall–Kier alpha value is -1.91. The fourth-order valence-electron chi connectivity index (χ4n) is 0.988. The monoisotopic (exact) mass is 209 g/mol. The minimum Gasteiger partial charge on any atom is -0.383 e. The normalized spacial score (nSPS) is 10.5. The third-order valence-electron chi connectivity index (χ3n) is 1.68. The molecule has 80 valence electrons. The lowest BCUT2D eigenvalue weighted by Gasteiger charge is -1.99. The Labute approximate surface area is 87.0 Å². The van der Waals surface area contributed by atoms with Gasteiger partial charge in [0.25, 0.3) is 0 Å². The van der Waals surface area contributed by atoms with Gasteiger partial charge in [0.1, 0.15) is 11.6 Å². The minimum atomic E-state index is -0.441. The predicted octanol–water partition coefficient (Wildman–Crippen LogP) is 0.952. The number of pyridine rings is 1. The molecule has 0 saturated carbocycles. The van der Waals surface area contributed by atoms with E-state index in [1.165, 1.54) is 13.0 Å². The molecule has 1 rings (SSSR count). The molecule has 0 aromatic carbocycles. The van der Waals surface area contributed by atoms with Crippen molar-refractivity contribution in [2.24, 2.45) is 0 Å². The lowest BCUT2D eigenvalue weighted by Crippen LogP contribution is -2.19. The van der Waals surface area contributed by atoms with Crippen molar-refractivity contribution >= 4 is 17.8 Å². The molecule has 4 nitrogen and oxygen atoms in total. The van der Waals surface area contributed by atoms with Gasteiger partial charge in [0, 0.05) is 19.0 Å². The summed E-state index contributed by atoms with van der Waals surface area (Å²) in [7, 11) is 0. The van der Waals surface area contributed by atoms with Gasteiger partial charge in [0.05, 0.1) is 6.20 Å². The summed E-state index contributed by atoms with van der Waals surface area (Å²) in [5, 5.41) is 2.57. The SMILES string of the molecule is CC(=O)NCC=Cc1cc(F)cnc1N. The number of aromatic nitrogens is 1. The van der Waals surface area contributed by atoms with Gasteiger partial charge in [-0.1, -0.05) is 12.2 Å². The molecule has 0 fully saturated rings. The smallest absolute Gasteiger partial charge is 0.217 e. The molecule has 1 amide bonds. The average Bonchev–Trinajstić information content (AvgIpc) is 2.17. The zero-order valence-corrected chi connectivity index (χ0v) is 8.33. The molecule has 1 heterocycles. The van der Waals surface area contributed by atoms with Crippen LogP contribution in [0.1, 0.15) is 12.5 Å². The van der Waals surface area contributed by atoms with E-state index in [9.17, 15) is 9.18 Å². The van der Waals surface area contributed by atoms with Crippen molar-refractivity contribution in [1.82, 2.24) is 10.3 Å². The van der Waals surface area contributed by atoms with Gasteiger partial charge < -0.3 is 11.1 Å². The second-order valence-electron chi connectivity index (χ2n) is 2.97. The lowest BCUT2D eigenvalue weighted by molar-refractivity contribution is -0.118. The maximum absolute atomic E-state index is 12.8. The van der Waals surface area contributed by atoms with Crippen molar-refractivity contribution in [2.45, 2.75) is 6.92 Å². The summed E-state index contributed by atoms with van der Waals surface area (Å²) in [5.41, 5.74) is 6.02. The number of carbonyl (C=O) groups excluding carboxylic acids is 1. The summed E-state index contributed by atoms with van der Waals surface area (Å²) < 4.78 is 12.8. The third kappa shape index (κ3) is 3.76. The molecule has 0 spiro atoms. The number of hydrogen-bond donors (Lipinski definition) is 2. The largest absolute Gasteiger partial charge is 0.383 e. The second-order valence-corrected chi connectivity index (χ2v) is 2.97. The van der Waals surface area contributed by atoms with Gasteiger partial charge in [-0.05, 0) is 6.07 Å². The van der Waals surface area contributed by atoms with Crippen molar-refractivity contribution < 1.29 is 9.18 Å². The van der Waals surface area contributed by atoms with E-state index >= 15 is 0 Å². The summed E-state index contributed by atoms with van der Waals surface area (Å²) in [4.78, 5) is 14.2. The molecule has 15 heavy (non-hydrogen) atoms. The van der Waals surface area contributed by atoms with Crippen LogP contribution in [0.5, 0.6) is 0 Å². The van der Waals surface area contributed by atoms with Crippen LogP contribution in [-0.2, 0) is 4.79 Å². The van der Waals surface area contributed by atoms with Crippen LogP contribution < -0.4 is 11.1 Å². The predicted molar refractivity (Wildman–Crippen MR) is 56.3 cm³/mol. The fourth-order valence-corrected chi connectivity index (χ4v) is 0.988. The van der Waals surface area contributed by atoms with Crippen LogP contribution in [0, 0.1) is 5.82 Å². The Bertz CT molecular complexity index is 390. The molecule has 3 N–H and O–H groups in total. The molecular weight excluding hydrogens is 197 g/mol. The van der Waals surface area contributed by atoms with E-state index in [0.29, 0.717) is 12.1 Å². The standard InChI is InChI=1S/C10H12FN3O/c1-7(15)13-4-2-3-8-5-9(11)6-14-10(8)12/h2-3,5-6H,4H2,1H3,(H2,12,14)(H,13,15). The van der Waals surface area contributed by atoms with Crippen molar-refractivity contribution in [3.63, 3.8) is 0 Å². The summed E-state index contributed by atoms with van der Waals surface area (Å²) >= 11 is 0. The van der Waals surface area contributed by atoms with E-state index in [-0.39, 0.29) is 11.7 Å². The number of nitrogens with zero attached hydrogens (tertiary/aromatic N) is 1. The molecule has 0 atom stereocenters. The topological polar surface area (TPSA) is 68.0 Å². The quantitative estimate of drug-likeness (QED) is 0.778. The first-order chi connectivity index (χ1) is 7.09. The van der Waals surface area contributed by atoms with E-state index in [2.05, 4.69) is 10.3 Å². The van der Waals surface area contributed by atoms with Crippen molar-refractivity contribution in [1.29, 1.82) is 0 Å². The highest BCUT2D eigenvalue weighted by Gasteiger charge is 1.98. The molecule has 0 aliphatic carbocycles. The molecule has 0 bridgehead atoms. The van der Waals surface area contributed by atoms with Crippen LogP contribution in [-0.4, -0.2) is 17.4 Å². The van der Waals surface area contributed by atoms with Gasteiger partial charge in [0.2, 0.25) is 5.91 Å². The molecule has 0 aliphatic heterocycles. The zero-order valence-electron chi connectivity index (χ0n) is 8.33. The van der Waals surface area contributed by atoms with E-state index in [1.54, 1.807) is 12.2 Å². The number of amides is 1. The molecule has 1 aromatic heterocycles. The number of rotatable bonds is 3. The maximum atomic E-state index is 12.8. The molecule has 0 aliphatic rings. The van der Waals surface area contributed by atoms with Gasteiger partial charge in [-0.2, -0.15) is 0 Å². The van der Waals surface area contributed by atoms with Crippen LogP contribution in [0.15, 0.2) is 18.3 Å². The summed E-state index contributed by atoms with van der Waals surface area (Å²) in [6.07, 6.45) is 4.34. The van der Waals surface area contributed by atoms with E-state index in [4.69, 9.17) is 5.73 Å². The van der Waals surface area contributed by atoms with Gasteiger partial charge in [-0.25, -0.2) is 9.37 Å². The first-order valence-electron chi connectivity index (χ1n) is 4.41. The first-order valence-corrected chi connectivity index (χ1v) is 4.41. The molecule has 1 aromatic rings. The van der Waals surface area contributed by atoms with Gasteiger partial charge in [0.15, 0.2) is 0 Å². The minimum absolute atomic E-state index is 0.120. The van der Waals surface area contributed by atoms with Crippen LogP contribution in [0.4, 0.5) is 10.2 Å². The molecule has 0 saturated heterocycles. The van der Waals surface area contributed by atoms with E-state index in [0.717, 1.165) is 6.20 Å². The summed E-state index contributed by atoms with van der Waals surface area (Å²) in [6.45, 7) is 1.80. The molecular formula is C10H12FN3O. The Kier molecular flexibility index (Phi) is 3.79. The number of carbonyl (C=O) groups is 1. The number of hydrogen-bond acceptors (Lipinski definition) is 3. The Morgan fingerprint density at radius 3 is 3.13 bits per heavy atom. The van der Waals surface area contributed by atoms with Gasteiger partial charge >= 0.3 is 0 Å². The van der Waals surface area contributed by atoms with Gasteiger partial charge in [-0.15, -0.1) is 0 Å². The first kappa shape index (κ1) is 11.2. The maximum Gasteiger partial charge on any atom is 0.217 e. The number of nitrogens with two attached hydrogens (primary N) is 1. The van der Waals surface area contributed by atoms with E-state index in [1.807, 2.05) is 0 Å². The van der Waals surface area contributed by atoms with E-state index < -0.39 is 5.82 Å². The van der Waals surface area contributed by atoms with Gasteiger partial charge in [-0.3, -0.25) is 4.79 Å². The summed E-state index contributed by atoms with van der Waals surface area (Å²) in [6, 6.07) is 1.28. The Balaban J connectivity index is 2.63. The van der Waals surface area contributed by atoms with Crippen molar-refractivity contribution in [2.75, 3.05) is 12.3 Å². The van der Waals surface area contributed by atoms with Crippen LogP contribution in [0.2, 0.25) is 0 Å². The zero-order chi connectivity index (χ0) is 11.3.